The second-order valence-electron chi connectivity index (χ2n) is 8.70. The summed E-state index contributed by atoms with van der Waals surface area (Å²) in [5.74, 6) is -3.46. The molecule has 1 unspecified atom stereocenters. The third-order valence-electron chi connectivity index (χ3n) is 5.68. The number of halogens is 1. The fourth-order valence-electron chi connectivity index (χ4n) is 4.35. The number of benzene rings is 1. The topological polar surface area (TPSA) is 125 Å². The number of nitriles is 3. The average Bonchev–Trinajstić information content (AvgIpc) is 2.72. The number of carbonyl (C=O) groups is 1. The van der Waals surface area contributed by atoms with Crippen LogP contribution in [0.4, 0.5) is 9.18 Å². The van der Waals surface area contributed by atoms with E-state index >= 15 is 0 Å². The van der Waals surface area contributed by atoms with Crippen LogP contribution in [0.1, 0.15) is 32.3 Å². The van der Waals surface area contributed by atoms with Gasteiger partial charge in [-0.1, -0.05) is 24.3 Å². The van der Waals surface area contributed by atoms with Crippen molar-refractivity contribution in [3.05, 3.63) is 47.3 Å². The number of nitrogens with one attached hydrogen (secondary N) is 1. The molecule has 1 N–H and O–H groups in total. The summed E-state index contributed by atoms with van der Waals surface area (Å²) in [5, 5.41) is 38.3. The Morgan fingerprint density at radius 1 is 1.26 bits per heavy atom. The highest BCUT2D eigenvalue weighted by Crippen LogP contribution is 2.53. The van der Waals surface area contributed by atoms with Crippen molar-refractivity contribution >= 4 is 11.8 Å². The van der Waals surface area contributed by atoms with E-state index in [2.05, 4.69) is 0 Å². The van der Waals surface area contributed by atoms with Gasteiger partial charge in [-0.2, -0.15) is 15.8 Å². The fraction of sp³-hybridized carbons (Fsp3) is 0.435. The van der Waals surface area contributed by atoms with Crippen LogP contribution in [0, 0.1) is 62.5 Å². The van der Waals surface area contributed by atoms with Crippen molar-refractivity contribution in [1.29, 1.82) is 21.2 Å². The molecule has 0 radical (unpaired) electrons. The lowest BCUT2D eigenvalue weighted by atomic mass is 9.54. The SMILES string of the molecule is CC(C)(C)OC(=O)N1CC=C2C(C#N)C(=N)C(C#N)(C#N)[C@H](c3ccccc3F)[C@H]2C1. The van der Waals surface area contributed by atoms with Crippen molar-refractivity contribution in [1.82, 2.24) is 4.90 Å². The van der Waals surface area contributed by atoms with E-state index in [1.54, 1.807) is 32.9 Å². The van der Waals surface area contributed by atoms with E-state index in [-0.39, 0.29) is 24.4 Å². The summed E-state index contributed by atoms with van der Waals surface area (Å²) in [4.78, 5) is 14.1. The van der Waals surface area contributed by atoms with Gasteiger partial charge in [0.25, 0.3) is 0 Å². The Morgan fingerprint density at radius 3 is 2.45 bits per heavy atom. The van der Waals surface area contributed by atoms with Crippen LogP contribution in [0.5, 0.6) is 0 Å². The molecule has 0 aromatic heterocycles. The molecule has 31 heavy (non-hydrogen) atoms. The Morgan fingerprint density at radius 2 is 1.90 bits per heavy atom. The molecule has 0 saturated heterocycles. The molecule has 8 heteroatoms. The second kappa shape index (κ2) is 7.85. The van der Waals surface area contributed by atoms with E-state index in [1.807, 2.05) is 18.2 Å². The molecule has 3 rings (SSSR count). The van der Waals surface area contributed by atoms with Crippen LogP contribution in [-0.4, -0.2) is 35.4 Å². The van der Waals surface area contributed by atoms with Crippen molar-refractivity contribution in [2.75, 3.05) is 13.1 Å². The maximum absolute atomic E-state index is 14.9. The first-order chi connectivity index (χ1) is 14.6. The number of hydrogen-bond donors (Lipinski definition) is 1. The highest BCUT2D eigenvalue weighted by molar-refractivity contribution is 6.01. The first-order valence-corrected chi connectivity index (χ1v) is 9.83. The predicted octanol–water partition coefficient (Wildman–Crippen LogP) is 3.91. The number of ether oxygens (including phenoxy) is 1. The molecule has 1 fully saturated rings. The monoisotopic (exact) mass is 419 g/mol. The minimum absolute atomic E-state index is 0.0380. The first-order valence-electron chi connectivity index (χ1n) is 9.83. The molecule has 1 aliphatic carbocycles. The second-order valence-corrected chi connectivity index (χ2v) is 8.70. The van der Waals surface area contributed by atoms with Crippen molar-refractivity contribution in [2.24, 2.45) is 17.3 Å². The van der Waals surface area contributed by atoms with Gasteiger partial charge in [0.2, 0.25) is 0 Å². The zero-order chi connectivity index (χ0) is 23.0. The van der Waals surface area contributed by atoms with E-state index in [9.17, 15) is 25.0 Å². The summed E-state index contributed by atoms with van der Waals surface area (Å²) in [5.41, 5.74) is -2.49. The number of rotatable bonds is 1. The summed E-state index contributed by atoms with van der Waals surface area (Å²) in [7, 11) is 0. The van der Waals surface area contributed by atoms with Gasteiger partial charge >= 0.3 is 6.09 Å². The van der Waals surface area contributed by atoms with E-state index < -0.39 is 40.7 Å². The quantitative estimate of drug-likeness (QED) is 0.691. The van der Waals surface area contributed by atoms with Crippen molar-refractivity contribution in [3.8, 4) is 18.2 Å². The fourth-order valence-corrected chi connectivity index (χ4v) is 4.35. The lowest BCUT2D eigenvalue weighted by molar-refractivity contribution is 0.0221. The molecule has 1 saturated carbocycles. The third kappa shape index (κ3) is 3.64. The van der Waals surface area contributed by atoms with Crippen LogP contribution in [0.2, 0.25) is 0 Å². The Hall–Kier alpha value is -3.70. The molecule has 1 amide bonds. The van der Waals surface area contributed by atoms with Gasteiger partial charge in [-0.05, 0) is 38.0 Å². The molecule has 2 aliphatic rings. The van der Waals surface area contributed by atoms with E-state index in [0.29, 0.717) is 5.57 Å². The molecule has 3 atom stereocenters. The maximum Gasteiger partial charge on any atom is 0.410 e. The summed E-state index contributed by atoms with van der Waals surface area (Å²) in [6.45, 7) is 5.41. The van der Waals surface area contributed by atoms with E-state index in [4.69, 9.17) is 10.1 Å². The Bertz CT molecular complexity index is 1070. The van der Waals surface area contributed by atoms with Gasteiger partial charge in [0, 0.05) is 24.9 Å². The number of amides is 1. The molecule has 1 aromatic rings. The van der Waals surface area contributed by atoms with Gasteiger partial charge in [0.1, 0.15) is 17.3 Å². The number of nitrogens with zero attached hydrogens (tertiary/aromatic N) is 4. The average molecular weight is 419 g/mol. The first kappa shape index (κ1) is 22.0. The molecular weight excluding hydrogens is 397 g/mol. The lowest BCUT2D eigenvalue weighted by Gasteiger charge is -2.47. The normalized spacial score (nSPS) is 24.7. The molecule has 0 spiro atoms. The summed E-state index contributed by atoms with van der Waals surface area (Å²) in [6, 6.07) is 11.6. The van der Waals surface area contributed by atoms with Crippen LogP contribution in [0.3, 0.4) is 0 Å². The van der Waals surface area contributed by atoms with Crippen molar-refractivity contribution in [3.63, 3.8) is 0 Å². The maximum atomic E-state index is 14.9. The molecule has 7 nitrogen and oxygen atoms in total. The van der Waals surface area contributed by atoms with Crippen LogP contribution in [0.15, 0.2) is 35.9 Å². The Kier molecular flexibility index (Phi) is 5.57. The molecule has 158 valence electrons. The summed E-state index contributed by atoms with van der Waals surface area (Å²) in [6.07, 6.45) is 1.08. The number of carbonyl (C=O) groups excluding carboxylic acids is 1. The van der Waals surface area contributed by atoms with Crippen LogP contribution >= 0.6 is 0 Å². The molecule has 1 heterocycles. The van der Waals surface area contributed by atoms with Crippen LogP contribution in [-0.2, 0) is 4.74 Å². The Labute approximate surface area is 180 Å². The van der Waals surface area contributed by atoms with Crippen LogP contribution < -0.4 is 0 Å². The third-order valence-corrected chi connectivity index (χ3v) is 5.68. The van der Waals surface area contributed by atoms with Gasteiger partial charge < -0.3 is 15.0 Å². The zero-order valence-electron chi connectivity index (χ0n) is 17.5. The highest BCUT2D eigenvalue weighted by Gasteiger charge is 2.58. The van der Waals surface area contributed by atoms with Gasteiger partial charge in [-0.25, -0.2) is 9.18 Å². The number of fused-ring (bicyclic) bond motifs is 1. The zero-order valence-corrected chi connectivity index (χ0v) is 17.5. The molecular formula is C23H22FN5O2. The largest absolute Gasteiger partial charge is 0.444 e. The van der Waals surface area contributed by atoms with E-state index in [1.165, 1.54) is 23.1 Å². The minimum atomic E-state index is -2.04. The summed E-state index contributed by atoms with van der Waals surface area (Å²) >= 11 is 0. The highest BCUT2D eigenvalue weighted by atomic mass is 19.1. The molecule has 0 bridgehead atoms. The van der Waals surface area contributed by atoms with Gasteiger partial charge in [-0.3, -0.25) is 0 Å². The minimum Gasteiger partial charge on any atom is -0.444 e. The Balaban J connectivity index is 2.17. The standard InChI is InChI=1S/C23H22FN5O2/c1-22(2,3)31-21(30)29-9-8-14-16(10-25)20(28)23(12-26,13-27)19(17(14)11-29)15-6-4-5-7-18(15)24/h4-8,16-17,19,28H,9,11H2,1-3H3/t16?,17-,19+/m0/s1. The smallest absolute Gasteiger partial charge is 0.410 e. The number of hydrogen-bond acceptors (Lipinski definition) is 6. The molecule has 1 aliphatic heterocycles. The van der Waals surface area contributed by atoms with Gasteiger partial charge in [-0.15, -0.1) is 0 Å². The van der Waals surface area contributed by atoms with Gasteiger partial charge in [0.15, 0.2) is 5.41 Å². The van der Waals surface area contributed by atoms with E-state index in [0.717, 1.165) is 0 Å². The predicted molar refractivity (Wildman–Crippen MR) is 109 cm³/mol. The lowest BCUT2D eigenvalue weighted by Crippen LogP contribution is -2.54. The summed E-state index contributed by atoms with van der Waals surface area (Å²) < 4.78 is 20.3. The van der Waals surface area contributed by atoms with Crippen molar-refractivity contribution < 1.29 is 13.9 Å². The van der Waals surface area contributed by atoms with Crippen LogP contribution in [0.25, 0.3) is 0 Å². The van der Waals surface area contributed by atoms with Crippen molar-refractivity contribution in [2.45, 2.75) is 32.3 Å². The molecule has 1 aromatic carbocycles. The van der Waals surface area contributed by atoms with Gasteiger partial charge in [0.05, 0.1) is 23.9 Å².